The van der Waals surface area contributed by atoms with Gasteiger partial charge in [0, 0.05) is 34.9 Å². The molecule has 0 fully saturated rings. The average Bonchev–Trinajstić information content (AvgIpc) is 2.88. The summed E-state index contributed by atoms with van der Waals surface area (Å²) in [5, 5.41) is 4.04. The van der Waals surface area contributed by atoms with E-state index in [0.717, 1.165) is 16.8 Å². The van der Waals surface area contributed by atoms with Crippen LogP contribution in [0.5, 0.6) is 0 Å². The number of nitrogens with one attached hydrogen (secondary N) is 2. The number of aromatic amines is 1. The summed E-state index contributed by atoms with van der Waals surface area (Å²) < 4.78 is 0. The first-order chi connectivity index (χ1) is 10.2. The van der Waals surface area contributed by atoms with Crippen molar-refractivity contribution in [1.29, 1.82) is 0 Å². The molecule has 4 nitrogen and oxygen atoms in total. The highest BCUT2D eigenvalue weighted by Crippen LogP contribution is 2.19. The second-order valence-electron chi connectivity index (χ2n) is 5.03. The van der Waals surface area contributed by atoms with E-state index >= 15 is 0 Å². The van der Waals surface area contributed by atoms with E-state index in [4.69, 9.17) is 5.73 Å². The maximum atomic E-state index is 12.0. The number of hydrogen-bond donors (Lipinski definition) is 3. The van der Waals surface area contributed by atoms with E-state index in [1.165, 1.54) is 5.39 Å². The molecule has 0 atom stereocenters. The van der Waals surface area contributed by atoms with Gasteiger partial charge in [-0.05, 0) is 36.2 Å². The van der Waals surface area contributed by atoms with Gasteiger partial charge in [-0.3, -0.25) is 4.79 Å². The van der Waals surface area contributed by atoms with Crippen LogP contribution in [-0.2, 0) is 11.2 Å². The van der Waals surface area contributed by atoms with E-state index in [0.29, 0.717) is 18.5 Å². The van der Waals surface area contributed by atoms with Gasteiger partial charge in [0.1, 0.15) is 0 Å². The molecule has 0 aliphatic carbocycles. The second-order valence-corrected chi connectivity index (χ2v) is 5.03. The first-order valence-electron chi connectivity index (χ1n) is 6.93. The molecule has 3 rings (SSSR count). The lowest BCUT2D eigenvalue weighted by Crippen LogP contribution is -2.12. The van der Waals surface area contributed by atoms with Gasteiger partial charge in [0.15, 0.2) is 0 Å². The quantitative estimate of drug-likeness (QED) is 0.641. The van der Waals surface area contributed by atoms with Crippen LogP contribution in [0.25, 0.3) is 10.9 Å². The van der Waals surface area contributed by atoms with Gasteiger partial charge >= 0.3 is 0 Å². The molecule has 0 aliphatic heterocycles. The third kappa shape index (κ3) is 3.05. The third-order valence-electron chi connectivity index (χ3n) is 3.47. The van der Waals surface area contributed by atoms with Crippen LogP contribution in [0, 0.1) is 0 Å². The van der Waals surface area contributed by atoms with Crippen LogP contribution in [0.2, 0.25) is 0 Å². The largest absolute Gasteiger partial charge is 0.399 e. The molecule has 4 N–H and O–H groups in total. The number of carbonyl (C=O) groups is 1. The summed E-state index contributed by atoms with van der Waals surface area (Å²) in [6.45, 7) is 0. The van der Waals surface area contributed by atoms with Crippen LogP contribution >= 0.6 is 0 Å². The number of benzene rings is 2. The smallest absolute Gasteiger partial charge is 0.224 e. The van der Waals surface area contributed by atoms with Crippen LogP contribution < -0.4 is 11.1 Å². The highest BCUT2D eigenvalue weighted by atomic mass is 16.1. The van der Waals surface area contributed by atoms with Gasteiger partial charge in [-0.2, -0.15) is 0 Å². The number of fused-ring (bicyclic) bond motifs is 1. The Kier molecular flexibility index (Phi) is 3.60. The topological polar surface area (TPSA) is 70.9 Å². The zero-order valence-corrected chi connectivity index (χ0v) is 11.6. The first-order valence-corrected chi connectivity index (χ1v) is 6.93. The fraction of sp³-hybridized carbons (Fsp3) is 0.118. The van der Waals surface area contributed by atoms with Crippen molar-refractivity contribution in [2.75, 3.05) is 11.1 Å². The summed E-state index contributed by atoms with van der Waals surface area (Å²) in [4.78, 5) is 15.2. The predicted molar refractivity (Wildman–Crippen MR) is 86.1 cm³/mol. The molecule has 1 amide bonds. The zero-order valence-electron chi connectivity index (χ0n) is 11.6. The van der Waals surface area contributed by atoms with E-state index in [9.17, 15) is 4.79 Å². The number of aromatic nitrogens is 1. The minimum absolute atomic E-state index is 0.00844. The van der Waals surface area contributed by atoms with Crippen LogP contribution in [0.4, 0.5) is 11.4 Å². The Hall–Kier alpha value is -2.75. The van der Waals surface area contributed by atoms with Gasteiger partial charge in [0.25, 0.3) is 0 Å². The second kappa shape index (κ2) is 5.71. The van der Waals surface area contributed by atoms with Gasteiger partial charge in [0.2, 0.25) is 5.91 Å². The average molecular weight is 279 g/mol. The molecule has 4 heteroatoms. The molecule has 106 valence electrons. The van der Waals surface area contributed by atoms with Crippen LogP contribution in [0.1, 0.15) is 12.0 Å². The summed E-state index contributed by atoms with van der Waals surface area (Å²) in [7, 11) is 0. The summed E-state index contributed by atoms with van der Waals surface area (Å²) in [5.74, 6) is -0.00844. The highest BCUT2D eigenvalue weighted by molar-refractivity contribution is 5.92. The molecule has 0 unspecified atom stereocenters. The van der Waals surface area contributed by atoms with E-state index in [1.807, 2.05) is 36.5 Å². The predicted octanol–water partition coefficient (Wildman–Crippen LogP) is 3.32. The van der Waals surface area contributed by atoms with Crippen molar-refractivity contribution < 1.29 is 4.79 Å². The fourth-order valence-corrected chi connectivity index (χ4v) is 2.43. The molecule has 0 bridgehead atoms. The third-order valence-corrected chi connectivity index (χ3v) is 3.47. The van der Waals surface area contributed by atoms with Crippen molar-refractivity contribution in [3.8, 4) is 0 Å². The number of nitrogen functional groups attached to an aromatic ring is 1. The Morgan fingerprint density at radius 1 is 1.14 bits per heavy atom. The van der Waals surface area contributed by atoms with Crippen molar-refractivity contribution in [2.45, 2.75) is 12.8 Å². The van der Waals surface area contributed by atoms with E-state index < -0.39 is 0 Å². The number of rotatable bonds is 4. The van der Waals surface area contributed by atoms with Crippen LogP contribution in [-0.4, -0.2) is 10.9 Å². The first kappa shape index (κ1) is 13.2. The van der Waals surface area contributed by atoms with Gasteiger partial charge in [0.05, 0.1) is 0 Å². The van der Waals surface area contributed by atoms with Crippen molar-refractivity contribution in [1.82, 2.24) is 4.98 Å². The van der Waals surface area contributed by atoms with Crippen molar-refractivity contribution in [3.05, 3.63) is 60.3 Å². The summed E-state index contributed by atoms with van der Waals surface area (Å²) in [5.41, 5.74) is 9.33. The fourth-order valence-electron chi connectivity index (χ4n) is 2.43. The van der Waals surface area contributed by atoms with Crippen molar-refractivity contribution in [2.24, 2.45) is 0 Å². The molecule has 0 saturated carbocycles. The molecule has 0 radical (unpaired) electrons. The van der Waals surface area contributed by atoms with E-state index in [-0.39, 0.29) is 5.91 Å². The minimum atomic E-state index is -0.00844. The molecule has 21 heavy (non-hydrogen) atoms. The Balaban J connectivity index is 1.63. The van der Waals surface area contributed by atoms with Gasteiger partial charge in [-0.25, -0.2) is 0 Å². The maximum Gasteiger partial charge on any atom is 0.224 e. The Bertz CT molecular complexity index is 776. The molecule has 1 aromatic heterocycles. The van der Waals surface area contributed by atoms with Gasteiger partial charge < -0.3 is 16.0 Å². The summed E-state index contributed by atoms with van der Waals surface area (Å²) >= 11 is 0. The van der Waals surface area contributed by atoms with Gasteiger partial charge in [-0.15, -0.1) is 0 Å². The Morgan fingerprint density at radius 3 is 2.86 bits per heavy atom. The standard InChI is InChI=1S/C17H17N3O/c18-13-4-3-5-14(10-13)20-17(21)9-8-12-11-19-16-7-2-1-6-15(12)16/h1-7,10-11,19H,8-9,18H2,(H,20,21). The highest BCUT2D eigenvalue weighted by Gasteiger charge is 2.07. The number of carbonyl (C=O) groups excluding carboxylic acids is 1. The van der Waals surface area contributed by atoms with Crippen LogP contribution in [0.3, 0.4) is 0 Å². The van der Waals surface area contributed by atoms with E-state index in [1.54, 1.807) is 12.1 Å². The summed E-state index contributed by atoms with van der Waals surface area (Å²) in [6.07, 6.45) is 3.12. The molecule has 2 aromatic carbocycles. The van der Waals surface area contributed by atoms with E-state index in [2.05, 4.69) is 16.4 Å². The Morgan fingerprint density at radius 2 is 2.00 bits per heavy atom. The van der Waals surface area contributed by atoms with Crippen molar-refractivity contribution >= 4 is 28.2 Å². The number of aryl methyl sites for hydroxylation is 1. The number of amides is 1. The molecule has 0 spiro atoms. The maximum absolute atomic E-state index is 12.0. The molecule has 0 aliphatic rings. The lowest BCUT2D eigenvalue weighted by molar-refractivity contribution is -0.116. The number of para-hydroxylation sites is 1. The lowest BCUT2D eigenvalue weighted by atomic mass is 10.1. The molecule has 3 aromatic rings. The van der Waals surface area contributed by atoms with Gasteiger partial charge in [-0.1, -0.05) is 24.3 Å². The Labute approximate surface area is 123 Å². The number of nitrogens with two attached hydrogens (primary N) is 1. The number of anilines is 2. The van der Waals surface area contributed by atoms with Crippen LogP contribution in [0.15, 0.2) is 54.7 Å². The molecule has 1 heterocycles. The number of hydrogen-bond acceptors (Lipinski definition) is 2. The molecular formula is C17H17N3O. The zero-order chi connectivity index (χ0) is 14.7. The summed E-state index contributed by atoms with van der Waals surface area (Å²) in [6, 6.07) is 15.3. The molecular weight excluding hydrogens is 262 g/mol. The number of H-pyrrole nitrogens is 1. The minimum Gasteiger partial charge on any atom is -0.399 e. The lowest BCUT2D eigenvalue weighted by Gasteiger charge is -2.05. The SMILES string of the molecule is Nc1cccc(NC(=O)CCc2c[nH]c3ccccc23)c1. The molecule has 0 saturated heterocycles. The van der Waals surface area contributed by atoms with Crippen molar-refractivity contribution in [3.63, 3.8) is 0 Å². The monoisotopic (exact) mass is 279 g/mol. The normalized spacial score (nSPS) is 10.7.